The lowest BCUT2D eigenvalue weighted by atomic mass is 9.90. The van der Waals surface area contributed by atoms with Gasteiger partial charge in [-0.15, -0.1) is 0 Å². The molecular weight excluding hydrogens is 252 g/mol. The zero-order chi connectivity index (χ0) is 14.0. The van der Waals surface area contributed by atoms with Crippen LogP contribution in [0.15, 0.2) is 48.0 Å². The lowest BCUT2D eigenvalue weighted by molar-refractivity contribution is 0.106. The van der Waals surface area contributed by atoms with Crippen molar-refractivity contribution in [3.63, 3.8) is 0 Å². The molecule has 0 bridgehead atoms. The van der Waals surface area contributed by atoms with E-state index in [1.54, 1.807) is 12.4 Å². The van der Waals surface area contributed by atoms with Crippen LogP contribution in [-0.2, 0) is 10.3 Å². The van der Waals surface area contributed by atoms with Gasteiger partial charge in [0.2, 0.25) is 0 Å². The Hall–Kier alpha value is -2.27. The molecular formula is C15H16N4O. The summed E-state index contributed by atoms with van der Waals surface area (Å²) >= 11 is 0. The van der Waals surface area contributed by atoms with Crippen molar-refractivity contribution in [1.82, 2.24) is 9.97 Å². The van der Waals surface area contributed by atoms with Crippen molar-refractivity contribution in [2.45, 2.75) is 12.5 Å². The molecule has 102 valence electrons. The number of rotatable bonds is 2. The van der Waals surface area contributed by atoms with Crippen LogP contribution < -0.4 is 5.73 Å². The molecule has 1 aliphatic rings. The highest BCUT2D eigenvalue weighted by Gasteiger charge is 2.30. The quantitative estimate of drug-likeness (QED) is 0.900. The SMILES string of the molecule is CC1(c2cccc(-c3cncnc3)c2)COCC(N)=N1. The molecule has 1 unspecified atom stereocenters. The average Bonchev–Trinajstić information content (AvgIpc) is 2.48. The predicted molar refractivity (Wildman–Crippen MR) is 77.3 cm³/mol. The maximum absolute atomic E-state index is 5.80. The van der Waals surface area contributed by atoms with Gasteiger partial charge in [-0.05, 0) is 24.1 Å². The third-order valence-corrected chi connectivity index (χ3v) is 3.40. The second-order valence-corrected chi connectivity index (χ2v) is 5.08. The second-order valence-electron chi connectivity index (χ2n) is 5.08. The Morgan fingerprint density at radius 1 is 1.20 bits per heavy atom. The zero-order valence-corrected chi connectivity index (χ0v) is 11.3. The van der Waals surface area contributed by atoms with E-state index < -0.39 is 5.54 Å². The van der Waals surface area contributed by atoms with Crippen LogP contribution in [0.3, 0.4) is 0 Å². The number of aromatic nitrogens is 2. The lowest BCUT2D eigenvalue weighted by Gasteiger charge is -2.30. The molecule has 2 heterocycles. The molecule has 1 aromatic carbocycles. The van der Waals surface area contributed by atoms with Crippen molar-refractivity contribution in [3.05, 3.63) is 48.5 Å². The first-order chi connectivity index (χ1) is 9.67. The first-order valence-electron chi connectivity index (χ1n) is 6.45. The molecule has 1 atom stereocenters. The van der Waals surface area contributed by atoms with Crippen LogP contribution in [0.2, 0.25) is 0 Å². The standard InChI is InChI=1S/C15H16N4O/c1-15(9-20-8-14(16)19-15)13-4-2-3-11(5-13)12-6-17-10-18-7-12/h2-7,10H,8-9H2,1H3,(H2,16,19). The molecule has 5 heteroatoms. The number of aliphatic imine (C=N–C) groups is 1. The Bertz CT molecular complexity index is 641. The fraction of sp³-hybridized carbons (Fsp3) is 0.267. The van der Waals surface area contributed by atoms with Crippen molar-refractivity contribution in [1.29, 1.82) is 0 Å². The molecule has 0 spiro atoms. The van der Waals surface area contributed by atoms with E-state index in [0.29, 0.717) is 19.0 Å². The molecule has 20 heavy (non-hydrogen) atoms. The highest BCUT2D eigenvalue weighted by molar-refractivity contribution is 5.82. The molecule has 0 aliphatic carbocycles. The Balaban J connectivity index is 2.02. The van der Waals surface area contributed by atoms with Crippen molar-refractivity contribution < 1.29 is 4.74 Å². The van der Waals surface area contributed by atoms with E-state index in [1.165, 1.54) is 6.33 Å². The van der Waals surface area contributed by atoms with Gasteiger partial charge in [-0.1, -0.05) is 18.2 Å². The Morgan fingerprint density at radius 3 is 2.75 bits per heavy atom. The van der Waals surface area contributed by atoms with E-state index in [9.17, 15) is 0 Å². The highest BCUT2D eigenvalue weighted by Crippen LogP contribution is 2.30. The summed E-state index contributed by atoms with van der Waals surface area (Å²) in [4.78, 5) is 12.7. The summed E-state index contributed by atoms with van der Waals surface area (Å²) in [7, 11) is 0. The van der Waals surface area contributed by atoms with Gasteiger partial charge in [0.15, 0.2) is 0 Å². The van der Waals surface area contributed by atoms with Crippen LogP contribution in [-0.4, -0.2) is 29.0 Å². The summed E-state index contributed by atoms with van der Waals surface area (Å²) in [6, 6.07) is 8.16. The third-order valence-electron chi connectivity index (χ3n) is 3.40. The average molecular weight is 268 g/mol. The molecule has 0 saturated heterocycles. The Morgan fingerprint density at radius 2 is 2.00 bits per heavy atom. The van der Waals surface area contributed by atoms with Gasteiger partial charge >= 0.3 is 0 Å². The van der Waals surface area contributed by atoms with Crippen molar-refractivity contribution in [2.75, 3.05) is 13.2 Å². The van der Waals surface area contributed by atoms with Gasteiger partial charge in [0, 0.05) is 18.0 Å². The van der Waals surface area contributed by atoms with Gasteiger partial charge < -0.3 is 10.5 Å². The van der Waals surface area contributed by atoms with E-state index in [1.807, 2.05) is 25.1 Å². The van der Waals surface area contributed by atoms with Crippen LogP contribution in [0.25, 0.3) is 11.1 Å². The summed E-state index contributed by atoms with van der Waals surface area (Å²) in [6.45, 7) is 2.96. The maximum Gasteiger partial charge on any atom is 0.121 e. The van der Waals surface area contributed by atoms with Crippen LogP contribution in [0.4, 0.5) is 0 Å². The fourth-order valence-electron chi connectivity index (χ4n) is 2.37. The first-order valence-corrected chi connectivity index (χ1v) is 6.45. The molecule has 0 amide bonds. The molecule has 1 aromatic heterocycles. The highest BCUT2D eigenvalue weighted by atomic mass is 16.5. The van der Waals surface area contributed by atoms with E-state index in [4.69, 9.17) is 10.5 Å². The number of nitrogens with two attached hydrogens (primary N) is 1. The molecule has 5 nitrogen and oxygen atoms in total. The van der Waals surface area contributed by atoms with Gasteiger partial charge in [-0.3, -0.25) is 4.99 Å². The normalized spacial score (nSPS) is 22.4. The van der Waals surface area contributed by atoms with Crippen molar-refractivity contribution in [3.8, 4) is 11.1 Å². The van der Waals surface area contributed by atoms with Crippen LogP contribution >= 0.6 is 0 Å². The van der Waals surface area contributed by atoms with E-state index in [-0.39, 0.29) is 0 Å². The fourth-order valence-corrected chi connectivity index (χ4v) is 2.37. The van der Waals surface area contributed by atoms with Crippen LogP contribution in [0.1, 0.15) is 12.5 Å². The molecule has 1 aliphatic heterocycles. The number of nitrogens with zero attached hydrogens (tertiary/aromatic N) is 3. The number of amidine groups is 1. The smallest absolute Gasteiger partial charge is 0.121 e. The van der Waals surface area contributed by atoms with Gasteiger partial charge in [0.1, 0.15) is 24.3 Å². The lowest BCUT2D eigenvalue weighted by Crippen LogP contribution is -2.37. The van der Waals surface area contributed by atoms with E-state index in [0.717, 1.165) is 16.7 Å². The minimum atomic E-state index is -0.437. The summed E-state index contributed by atoms with van der Waals surface area (Å²) in [5, 5.41) is 0. The molecule has 0 radical (unpaired) electrons. The largest absolute Gasteiger partial charge is 0.386 e. The van der Waals surface area contributed by atoms with Crippen molar-refractivity contribution >= 4 is 5.84 Å². The summed E-state index contributed by atoms with van der Waals surface area (Å²) in [6.07, 6.45) is 5.11. The number of hydrogen-bond donors (Lipinski definition) is 1. The summed E-state index contributed by atoms with van der Waals surface area (Å²) in [5.74, 6) is 0.534. The molecule has 2 N–H and O–H groups in total. The minimum absolute atomic E-state index is 0.405. The van der Waals surface area contributed by atoms with Gasteiger partial charge in [-0.2, -0.15) is 0 Å². The number of benzene rings is 1. The third kappa shape index (κ3) is 2.40. The molecule has 3 rings (SSSR count). The van der Waals surface area contributed by atoms with Crippen molar-refractivity contribution in [2.24, 2.45) is 10.7 Å². The monoisotopic (exact) mass is 268 g/mol. The van der Waals surface area contributed by atoms with Gasteiger partial charge in [-0.25, -0.2) is 9.97 Å². The molecule has 0 saturated carbocycles. The predicted octanol–water partition coefficient (Wildman–Crippen LogP) is 1.75. The van der Waals surface area contributed by atoms with E-state index >= 15 is 0 Å². The molecule has 2 aromatic rings. The van der Waals surface area contributed by atoms with E-state index in [2.05, 4.69) is 21.0 Å². The maximum atomic E-state index is 5.80. The first kappa shape index (κ1) is 12.7. The zero-order valence-electron chi connectivity index (χ0n) is 11.3. The number of ether oxygens (including phenoxy) is 1. The second kappa shape index (κ2) is 5.02. The topological polar surface area (TPSA) is 73.4 Å². The Labute approximate surface area is 117 Å². The van der Waals surface area contributed by atoms with Crippen LogP contribution in [0.5, 0.6) is 0 Å². The van der Waals surface area contributed by atoms with Crippen LogP contribution in [0, 0.1) is 0 Å². The Kier molecular flexibility index (Phi) is 3.20. The van der Waals surface area contributed by atoms with Gasteiger partial charge in [0.25, 0.3) is 0 Å². The minimum Gasteiger partial charge on any atom is -0.386 e. The summed E-state index contributed by atoms with van der Waals surface area (Å²) < 4.78 is 5.52. The number of hydrogen-bond acceptors (Lipinski definition) is 5. The van der Waals surface area contributed by atoms with Gasteiger partial charge in [0.05, 0.1) is 6.61 Å². The summed E-state index contributed by atoms with van der Waals surface area (Å²) in [5.41, 5.74) is 8.47. The molecule has 0 fully saturated rings.